The van der Waals surface area contributed by atoms with Gasteiger partial charge >= 0.3 is 5.97 Å². The van der Waals surface area contributed by atoms with Crippen LogP contribution in [0.1, 0.15) is 70.4 Å². The highest BCUT2D eigenvalue weighted by Gasteiger charge is 2.15. The van der Waals surface area contributed by atoms with Crippen LogP contribution in [0.4, 0.5) is 0 Å². The Bertz CT molecular complexity index is 392. The topological polar surface area (TPSA) is 38.3 Å². The van der Waals surface area contributed by atoms with Crippen LogP contribution in [0.2, 0.25) is 0 Å². The van der Waals surface area contributed by atoms with E-state index < -0.39 is 0 Å². The Labute approximate surface area is 135 Å². The summed E-state index contributed by atoms with van der Waals surface area (Å²) in [6, 6.07) is 10.2. The number of benzene rings is 1. The summed E-state index contributed by atoms with van der Waals surface area (Å²) in [4.78, 5) is 11.8. The van der Waals surface area contributed by atoms with Crippen LogP contribution >= 0.6 is 0 Å². The number of rotatable bonds is 12. The zero-order chi connectivity index (χ0) is 16.0. The minimum atomic E-state index is -0.133. The second-order valence-electron chi connectivity index (χ2n) is 5.69. The molecule has 0 spiro atoms. The maximum absolute atomic E-state index is 11.8. The molecule has 0 amide bonds. The minimum Gasteiger partial charge on any atom is -0.466 e. The molecule has 0 aliphatic heterocycles. The molecule has 0 saturated carbocycles. The Hall–Kier alpha value is -1.35. The van der Waals surface area contributed by atoms with Crippen molar-refractivity contribution in [3.63, 3.8) is 0 Å². The number of hydrogen-bond acceptors (Lipinski definition) is 3. The zero-order valence-electron chi connectivity index (χ0n) is 14.1. The van der Waals surface area contributed by atoms with Gasteiger partial charge in [-0.05, 0) is 25.5 Å². The lowest BCUT2D eigenvalue weighted by atomic mass is 10.0. The van der Waals surface area contributed by atoms with E-state index in [0.29, 0.717) is 13.0 Å². The van der Waals surface area contributed by atoms with Gasteiger partial charge in [0.25, 0.3) is 0 Å². The lowest BCUT2D eigenvalue weighted by Crippen LogP contribution is -2.25. The van der Waals surface area contributed by atoms with Gasteiger partial charge in [-0.15, -0.1) is 0 Å². The molecule has 0 fully saturated rings. The van der Waals surface area contributed by atoms with Crippen molar-refractivity contribution in [1.29, 1.82) is 0 Å². The number of nitrogens with one attached hydrogen (secondary N) is 1. The third-order valence-electron chi connectivity index (χ3n) is 3.80. The molecule has 1 N–H and O–H groups in total. The van der Waals surface area contributed by atoms with Crippen LogP contribution in [0, 0.1) is 0 Å². The molecule has 0 aromatic heterocycles. The van der Waals surface area contributed by atoms with Crippen LogP contribution in [0.15, 0.2) is 30.3 Å². The first-order chi connectivity index (χ1) is 10.8. The summed E-state index contributed by atoms with van der Waals surface area (Å²) in [6.45, 7) is 5.48. The van der Waals surface area contributed by atoms with Crippen molar-refractivity contribution < 1.29 is 9.53 Å². The first kappa shape index (κ1) is 18.7. The lowest BCUT2D eigenvalue weighted by Gasteiger charge is -2.18. The van der Waals surface area contributed by atoms with Crippen LogP contribution < -0.4 is 5.32 Å². The molecule has 1 atom stereocenters. The number of esters is 1. The lowest BCUT2D eigenvalue weighted by molar-refractivity contribution is -0.143. The molecule has 1 aromatic carbocycles. The van der Waals surface area contributed by atoms with Crippen molar-refractivity contribution >= 4 is 5.97 Å². The van der Waals surface area contributed by atoms with Gasteiger partial charge in [0, 0.05) is 6.04 Å². The third kappa shape index (κ3) is 8.18. The maximum Gasteiger partial charge on any atom is 0.307 e. The van der Waals surface area contributed by atoms with Crippen LogP contribution in [0.5, 0.6) is 0 Å². The normalized spacial score (nSPS) is 12.1. The molecule has 1 rings (SSSR count). The fourth-order valence-electron chi connectivity index (χ4n) is 2.56. The van der Waals surface area contributed by atoms with Gasteiger partial charge in [-0.2, -0.15) is 0 Å². The predicted octanol–water partition coefficient (Wildman–Crippen LogP) is 4.63. The number of unbranched alkanes of at least 4 members (excludes halogenated alkanes) is 5. The van der Waals surface area contributed by atoms with Crippen LogP contribution in [0.3, 0.4) is 0 Å². The fourth-order valence-corrected chi connectivity index (χ4v) is 2.56. The average Bonchev–Trinajstić information content (AvgIpc) is 2.54. The first-order valence-electron chi connectivity index (χ1n) is 8.71. The van der Waals surface area contributed by atoms with E-state index in [9.17, 15) is 4.79 Å². The second-order valence-corrected chi connectivity index (χ2v) is 5.69. The van der Waals surface area contributed by atoms with Gasteiger partial charge in [-0.3, -0.25) is 4.79 Å². The Morgan fingerprint density at radius 1 is 1.05 bits per heavy atom. The van der Waals surface area contributed by atoms with E-state index in [2.05, 4.69) is 24.4 Å². The van der Waals surface area contributed by atoms with Crippen molar-refractivity contribution in [2.45, 2.75) is 64.8 Å². The van der Waals surface area contributed by atoms with Crippen molar-refractivity contribution in [3.8, 4) is 0 Å². The molecule has 3 heteroatoms. The van der Waals surface area contributed by atoms with Gasteiger partial charge < -0.3 is 10.1 Å². The summed E-state index contributed by atoms with van der Waals surface area (Å²) in [5, 5.41) is 3.52. The van der Waals surface area contributed by atoms with Crippen LogP contribution in [-0.4, -0.2) is 19.1 Å². The van der Waals surface area contributed by atoms with Crippen LogP contribution in [-0.2, 0) is 9.53 Å². The Morgan fingerprint density at radius 2 is 1.73 bits per heavy atom. The van der Waals surface area contributed by atoms with E-state index in [0.717, 1.165) is 18.5 Å². The van der Waals surface area contributed by atoms with E-state index in [4.69, 9.17) is 4.74 Å². The van der Waals surface area contributed by atoms with E-state index >= 15 is 0 Å². The summed E-state index contributed by atoms with van der Waals surface area (Å²) in [6.07, 6.45) is 8.08. The Balaban J connectivity index is 2.37. The monoisotopic (exact) mass is 305 g/mol. The largest absolute Gasteiger partial charge is 0.466 e. The second kappa shape index (κ2) is 12.2. The Kier molecular flexibility index (Phi) is 10.4. The zero-order valence-corrected chi connectivity index (χ0v) is 14.1. The average molecular weight is 305 g/mol. The van der Waals surface area contributed by atoms with Crippen molar-refractivity contribution in [2.75, 3.05) is 13.2 Å². The van der Waals surface area contributed by atoms with Gasteiger partial charge in [-0.1, -0.05) is 69.4 Å². The van der Waals surface area contributed by atoms with Gasteiger partial charge in [0.05, 0.1) is 13.0 Å². The fraction of sp³-hybridized carbons (Fsp3) is 0.632. The molecule has 0 saturated heterocycles. The molecule has 22 heavy (non-hydrogen) atoms. The van der Waals surface area contributed by atoms with Crippen LogP contribution in [0.25, 0.3) is 0 Å². The standard InChI is InChI=1S/C19H31NO2/c1-3-5-6-7-8-12-15-20-18(16-19(21)22-4-2)17-13-10-9-11-14-17/h9-11,13-14,18,20H,3-8,12,15-16H2,1-2H3. The van der Waals surface area contributed by atoms with E-state index in [1.54, 1.807) is 0 Å². The van der Waals surface area contributed by atoms with Crippen molar-refractivity contribution in [3.05, 3.63) is 35.9 Å². The molecule has 0 bridgehead atoms. The molecular formula is C19H31NO2. The molecule has 124 valence electrons. The summed E-state index contributed by atoms with van der Waals surface area (Å²) in [5.41, 5.74) is 1.15. The molecule has 0 aliphatic rings. The molecule has 1 unspecified atom stereocenters. The molecular weight excluding hydrogens is 274 g/mol. The molecule has 0 aliphatic carbocycles. The number of carbonyl (C=O) groups excluding carboxylic acids is 1. The van der Waals surface area contributed by atoms with E-state index in [1.807, 2.05) is 25.1 Å². The minimum absolute atomic E-state index is 0.0518. The SMILES string of the molecule is CCCCCCCCNC(CC(=O)OCC)c1ccccc1. The highest BCUT2D eigenvalue weighted by Crippen LogP contribution is 2.17. The highest BCUT2D eigenvalue weighted by molar-refractivity contribution is 5.70. The Morgan fingerprint density at radius 3 is 2.41 bits per heavy atom. The summed E-state index contributed by atoms with van der Waals surface area (Å²) in [5.74, 6) is -0.133. The maximum atomic E-state index is 11.8. The third-order valence-corrected chi connectivity index (χ3v) is 3.80. The van der Waals surface area contributed by atoms with Crippen molar-refractivity contribution in [1.82, 2.24) is 5.32 Å². The van der Waals surface area contributed by atoms with Gasteiger partial charge in [0.1, 0.15) is 0 Å². The number of ether oxygens (including phenoxy) is 1. The van der Waals surface area contributed by atoms with Gasteiger partial charge in [-0.25, -0.2) is 0 Å². The van der Waals surface area contributed by atoms with Gasteiger partial charge in [0.15, 0.2) is 0 Å². The van der Waals surface area contributed by atoms with E-state index in [1.165, 1.54) is 32.1 Å². The van der Waals surface area contributed by atoms with Gasteiger partial charge in [0.2, 0.25) is 0 Å². The number of hydrogen-bond donors (Lipinski definition) is 1. The predicted molar refractivity (Wildman–Crippen MR) is 91.8 cm³/mol. The molecule has 0 radical (unpaired) electrons. The molecule has 1 aromatic rings. The number of carbonyl (C=O) groups is 1. The summed E-state index contributed by atoms with van der Waals surface area (Å²) < 4.78 is 5.09. The van der Waals surface area contributed by atoms with Crippen molar-refractivity contribution in [2.24, 2.45) is 0 Å². The van der Waals surface area contributed by atoms with E-state index in [-0.39, 0.29) is 12.0 Å². The molecule has 0 heterocycles. The molecule has 3 nitrogen and oxygen atoms in total. The summed E-state index contributed by atoms with van der Waals surface area (Å²) >= 11 is 0. The first-order valence-corrected chi connectivity index (χ1v) is 8.71. The smallest absolute Gasteiger partial charge is 0.307 e. The quantitative estimate of drug-likeness (QED) is 0.452. The summed E-state index contributed by atoms with van der Waals surface area (Å²) in [7, 11) is 0. The highest BCUT2D eigenvalue weighted by atomic mass is 16.5.